The highest BCUT2D eigenvalue weighted by Gasteiger charge is 2.16. The van der Waals surface area contributed by atoms with Crippen molar-refractivity contribution in [3.63, 3.8) is 0 Å². The molecule has 1 aromatic carbocycles. The van der Waals surface area contributed by atoms with Crippen LogP contribution in [-0.2, 0) is 11.2 Å². The van der Waals surface area contributed by atoms with E-state index in [0.29, 0.717) is 17.6 Å². The van der Waals surface area contributed by atoms with Crippen molar-refractivity contribution in [3.05, 3.63) is 29.8 Å². The number of amides is 1. The molecule has 0 bridgehead atoms. The van der Waals surface area contributed by atoms with Gasteiger partial charge in [0.25, 0.3) is 0 Å². The summed E-state index contributed by atoms with van der Waals surface area (Å²) in [6, 6.07) is 7.87. The number of rotatable bonds is 4. The topological polar surface area (TPSA) is 50.4 Å². The molecule has 0 atom stereocenters. The van der Waals surface area contributed by atoms with Crippen LogP contribution in [0.25, 0.3) is 0 Å². The van der Waals surface area contributed by atoms with Crippen LogP contribution in [0.4, 0.5) is 0 Å². The Morgan fingerprint density at radius 2 is 1.95 bits per heavy atom. The molecule has 20 heavy (non-hydrogen) atoms. The lowest BCUT2D eigenvalue weighted by Gasteiger charge is -2.14. The number of ether oxygens (including phenoxy) is 1. The van der Waals surface area contributed by atoms with Gasteiger partial charge in [0.2, 0.25) is 5.91 Å². The summed E-state index contributed by atoms with van der Waals surface area (Å²) in [6.07, 6.45) is 5.06. The number of nitrogens with one attached hydrogen (secondary N) is 2. The number of carbonyl (C=O) groups is 1. The van der Waals surface area contributed by atoms with Gasteiger partial charge in [-0.2, -0.15) is 0 Å². The van der Waals surface area contributed by atoms with Crippen LogP contribution in [0.15, 0.2) is 24.3 Å². The molecule has 1 saturated carbocycles. The van der Waals surface area contributed by atoms with Crippen molar-refractivity contribution >= 4 is 23.2 Å². The van der Waals surface area contributed by atoms with Gasteiger partial charge in [-0.05, 0) is 42.8 Å². The predicted octanol–water partition coefficient (Wildman–Crippen LogP) is 2.17. The van der Waals surface area contributed by atoms with Gasteiger partial charge >= 0.3 is 0 Å². The summed E-state index contributed by atoms with van der Waals surface area (Å²) < 4.78 is 5.08. The fourth-order valence-corrected chi connectivity index (χ4v) is 2.67. The molecule has 2 N–H and O–H groups in total. The summed E-state index contributed by atoms with van der Waals surface area (Å²) in [7, 11) is 1.62. The van der Waals surface area contributed by atoms with Gasteiger partial charge < -0.3 is 15.4 Å². The second kappa shape index (κ2) is 7.24. The van der Waals surface area contributed by atoms with E-state index in [1.54, 1.807) is 7.11 Å². The molecular formula is C15H20N2O2S. The molecule has 4 nitrogen and oxygen atoms in total. The van der Waals surface area contributed by atoms with Crippen LogP contribution in [0, 0.1) is 0 Å². The monoisotopic (exact) mass is 292 g/mol. The molecule has 1 fully saturated rings. The van der Waals surface area contributed by atoms with Gasteiger partial charge in [0, 0.05) is 6.04 Å². The first-order chi connectivity index (χ1) is 9.67. The lowest BCUT2D eigenvalue weighted by atomic mass is 10.1. The number of methoxy groups -OCH3 is 1. The molecule has 1 aliphatic carbocycles. The Hall–Kier alpha value is -1.62. The van der Waals surface area contributed by atoms with Crippen molar-refractivity contribution in [2.24, 2.45) is 0 Å². The van der Waals surface area contributed by atoms with Crippen LogP contribution in [0.1, 0.15) is 31.2 Å². The standard InChI is InChI=1S/C15H20N2O2S/c1-19-13-8-6-11(7-9-13)10-14(18)17-15(20)16-12-4-2-3-5-12/h6-9,12H,2-5,10H2,1H3,(H2,16,17,18,20). The second-order valence-corrected chi connectivity index (χ2v) is 5.44. The molecule has 0 saturated heterocycles. The van der Waals surface area contributed by atoms with Crippen molar-refractivity contribution in [1.82, 2.24) is 10.6 Å². The van der Waals surface area contributed by atoms with E-state index in [1.165, 1.54) is 12.8 Å². The van der Waals surface area contributed by atoms with Crippen molar-refractivity contribution in [2.45, 2.75) is 38.1 Å². The SMILES string of the molecule is COc1ccc(CC(=O)NC(=S)NC2CCCC2)cc1. The summed E-state index contributed by atoms with van der Waals surface area (Å²) in [6.45, 7) is 0. The summed E-state index contributed by atoms with van der Waals surface area (Å²) in [5, 5.41) is 6.37. The van der Waals surface area contributed by atoms with E-state index < -0.39 is 0 Å². The van der Waals surface area contributed by atoms with Crippen LogP contribution in [-0.4, -0.2) is 24.2 Å². The Kier molecular flexibility index (Phi) is 5.35. The lowest BCUT2D eigenvalue weighted by molar-refractivity contribution is -0.119. The van der Waals surface area contributed by atoms with Crippen LogP contribution < -0.4 is 15.4 Å². The Labute approximate surface area is 124 Å². The third-order valence-electron chi connectivity index (χ3n) is 3.47. The van der Waals surface area contributed by atoms with Gasteiger partial charge in [0.1, 0.15) is 5.75 Å². The maximum Gasteiger partial charge on any atom is 0.230 e. The Balaban J connectivity index is 1.77. The van der Waals surface area contributed by atoms with Gasteiger partial charge in [0.15, 0.2) is 5.11 Å². The maximum atomic E-state index is 11.9. The van der Waals surface area contributed by atoms with Crippen LogP contribution in [0.5, 0.6) is 5.75 Å². The molecule has 0 radical (unpaired) electrons. The smallest absolute Gasteiger partial charge is 0.230 e. The number of hydrogen-bond acceptors (Lipinski definition) is 3. The van der Waals surface area contributed by atoms with Crippen molar-refractivity contribution in [3.8, 4) is 5.75 Å². The molecular weight excluding hydrogens is 272 g/mol. The predicted molar refractivity (Wildman–Crippen MR) is 82.8 cm³/mol. The largest absolute Gasteiger partial charge is 0.497 e. The molecule has 5 heteroatoms. The molecule has 1 aromatic rings. The normalized spacial score (nSPS) is 14.8. The molecule has 0 aromatic heterocycles. The summed E-state index contributed by atoms with van der Waals surface area (Å²) in [5.41, 5.74) is 0.937. The molecule has 0 aliphatic heterocycles. The van der Waals surface area contributed by atoms with E-state index in [2.05, 4.69) is 10.6 Å². The molecule has 1 amide bonds. The third-order valence-corrected chi connectivity index (χ3v) is 3.69. The lowest BCUT2D eigenvalue weighted by Crippen LogP contribution is -2.43. The van der Waals surface area contributed by atoms with E-state index in [-0.39, 0.29) is 5.91 Å². The zero-order valence-corrected chi connectivity index (χ0v) is 12.5. The second-order valence-electron chi connectivity index (χ2n) is 5.03. The minimum atomic E-state index is -0.0920. The summed E-state index contributed by atoms with van der Waals surface area (Å²) >= 11 is 5.16. The van der Waals surface area contributed by atoms with Gasteiger partial charge in [-0.1, -0.05) is 25.0 Å². The van der Waals surface area contributed by atoms with Gasteiger partial charge in [-0.25, -0.2) is 0 Å². The average Bonchev–Trinajstić information content (AvgIpc) is 2.92. The average molecular weight is 292 g/mol. The Morgan fingerprint density at radius 3 is 2.55 bits per heavy atom. The number of benzene rings is 1. The number of thiocarbonyl (C=S) groups is 1. The molecule has 1 aliphatic rings. The third kappa shape index (κ3) is 4.49. The Morgan fingerprint density at radius 1 is 1.30 bits per heavy atom. The highest BCUT2D eigenvalue weighted by molar-refractivity contribution is 7.80. The van der Waals surface area contributed by atoms with Crippen molar-refractivity contribution in [2.75, 3.05) is 7.11 Å². The van der Waals surface area contributed by atoms with E-state index in [9.17, 15) is 4.79 Å². The first kappa shape index (κ1) is 14.8. The van der Waals surface area contributed by atoms with Crippen LogP contribution >= 0.6 is 12.2 Å². The zero-order chi connectivity index (χ0) is 14.4. The number of carbonyl (C=O) groups excluding carboxylic acids is 1. The zero-order valence-electron chi connectivity index (χ0n) is 11.6. The maximum absolute atomic E-state index is 11.9. The Bertz CT molecular complexity index is 467. The van der Waals surface area contributed by atoms with E-state index in [0.717, 1.165) is 24.2 Å². The van der Waals surface area contributed by atoms with E-state index >= 15 is 0 Å². The fourth-order valence-electron chi connectivity index (χ4n) is 2.39. The summed E-state index contributed by atoms with van der Waals surface area (Å²) in [5.74, 6) is 0.693. The first-order valence-corrected chi connectivity index (χ1v) is 7.31. The minimum Gasteiger partial charge on any atom is -0.497 e. The van der Waals surface area contributed by atoms with Crippen molar-refractivity contribution in [1.29, 1.82) is 0 Å². The molecule has 0 spiro atoms. The highest BCUT2D eigenvalue weighted by atomic mass is 32.1. The fraction of sp³-hybridized carbons (Fsp3) is 0.467. The quantitative estimate of drug-likeness (QED) is 0.835. The van der Waals surface area contributed by atoms with Crippen molar-refractivity contribution < 1.29 is 9.53 Å². The molecule has 108 valence electrons. The number of hydrogen-bond donors (Lipinski definition) is 2. The first-order valence-electron chi connectivity index (χ1n) is 6.90. The molecule has 0 unspecified atom stereocenters. The minimum absolute atomic E-state index is 0.0920. The van der Waals surface area contributed by atoms with E-state index in [1.807, 2.05) is 24.3 Å². The molecule has 2 rings (SSSR count). The molecule has 0 heterocycles. The van der Waals surface area contributed by atoms with Crippen LogP contribution in [0.3, 0.4) is 0 Å². The van der Waals surface area contributed by atoms with E-state index in [4.69, 9.17) is 17.0 Å². The summed E-state index contributed by atoms with van der Waals surface area (Å²) in [4.78, 5) is 11.9. The van der Waals surface area contributed by atoms with Crippen LogP contribution in [0.2, 0.25) is 0 Å². The van der Waals surface area contributed by atoms with Gasteiger partial charge in [-0.3, -0.25) is 4.79 Å². The highest BCUT2D eigenvalue weighted by Crippen LogP contribution is 2.17. The van der Waals surface area contributed by atoms with Gasteiger partial charge in [0.05, 0.1) is 13.5 Å². The van der Waals surface area contributed by atoms with Gasteiger partial charge in [-0.15, -0.1) is 0 Å².